The van der Waals surface area contributed by atoms with Gasteiger partial charge < -0.3 is 10.1 Å². The summed E-state index contributed by atoms with van der Waals surface area (Å²) >= 11 is 4.14. The first kappa shape index (κ1) is 14.5. The second-order valence-electron chi connectivity index (χ2n) is 4.24. The smallest absolute Gasteiger partial charge is 0.0503 e. The molecule has 0 aliphatic heterocycles. The van der Waals surface area contributed by atoms with Crippen LogP contribution in [-0.4, -0.2) is 30.5 Å². The highest BCUT2D eigenvalue weighted by atomic mass is 32.1. The molecule has 1 rings (SSSR count). The predicted molar refractivity (Wildman–Crippen MR) is 74.4 cm³/mol. The molecule has 0 radical (unpaired) electrons. The van der Waals surface area contributed by atoms with Crippen molar-refractivity contribution in [2.24, 2.45) is 5.92 Å². The summed E-state index contributed by atoms with van der Waals surface area (Å²) in [6.45, 7) is 5.70. The number of aromatic nitrogens is 1. The lowest BCUT2D eigenvalue weighted by Gasteiger charge is -2.13. The molecule has 1 N–H and O–H groups in total. The highest BCUT2D eigenvalue weighted by molar-refractivity contribution is 7.80. The molecule has 0 fully saturated rings. The number of nitrogens with one attached hydrogen (secondary N) is 1. The van der Waals surface area contributed by atoms with Crippen LogP contribution < -0.4 is 5.32 Å². The lowest BCUT2D eigenvalue weighted by molar-refractivity contribution is 0.105. The molecule has 1 aromatic heterocycles. The first-order valence-electron chi connectivity index (χ1n) is 6.11. The molecule has 1 unspecified atom stereocenters. The molecule has 1 atom stereocenters. The topological polar surface area (TPSA) is 34.2 Å². The van der Waals surface area contributed by atoms with Gasteiger partial charge in [-0.3, -0.25) is 4.98 Å². The third-order valence-corrected chi connectivity index (χ3v) is 2.74. The van der Waals surface area contributed by atoms with E-state index in [1.807, 2.05) is 24.5 Å². The van der Waals surface area contributed by atoms with Crippen LogP contribution in [0.4, 0.5) is 0 Å². The minimum absolute atomic E-state index is 0.539. The molecular weight excluding hydrogens is 232 g/mol. The van der Waals surface area contributed by atoms with Crippen molar-refractivity contribution < 1.29 is 4.74 Å². The maximum atomic E-state index is 5.54. The Labute approximate surface area is 109 Å². The van der Waals surface area contributed by atoms with E-state index in [0.717, 1.165) is 38.5 Å². The van der Waals surface area contributed by atoms with Gasteiger partial charge in [0.1, 0.15) is 0 Å². The van der Waals surface area contributed by atoms with E-state index in [0.29, 0.717) is 5.92 Å². The van der Waals surface area contributed by atoms with Crippen LogP contribution in [-0.2, 0) is 11.3 Å². The van der Waals surface area contributed by atoms with Gasteiger partial charge in [-0.25, -0.2) is 0 Å². The van der Waals surface area contributed by atoms with Crippen molar-refractivity contribution in [2.75, 3.05) is 25.5 Å². The number of hydrogen-bond donors (Lipinski definition) is 2. The van der Waals surface area contributed by atoms with E-state index in [4.69, 9.17) is 4.74 Å². The molecule has 0 saturated carbocycles. The van der Waals surface area contributed by atoms with Gasteiger partial charge >= 0.3 is 0 Å². The summed E-state index contributed by atoms with van der Waals surface area (Å²) in [5.41, 5.74) is 1.27. The minimum Gasteiger partial charge on any atom is -0.381 e. The number of hydrogen-bond acceptors (Lipinski definition) is 4. The molecule has 0 spiro atoms. The second-order valence-corrected chi connectivity index (χ2v) is 4.69. The Morgan fingerprint density at radius 1 is 1.41 bits per heavy atom. The van der Waals surface area contributed by atoms with Crippen molar-refractivity contribution in [2.45, 2.75) is 19.9 Å². The Hall–Kier alpha value is -0.580. The van der Waals surface area contributed by atoms with Crippen LogP contribution in [0.3, 0.4) is 0 Å². The Morgan fingerprint density at radius 2 is 2.18 bits per heavy atom. The standard InChI is InChI=1S/C13H22N2OS/c1-12(11-16-7-2-8-17)9-15-10-13-3-5-14-6-4-13/h3-6,12,15,17H,2,7-11H2,1H3. The van der Waals surface area contributed by atoms with E-state index in [2.05, 4.69) is 29.9 Å². The van der Waals surface area contributed by atoms with Crippen LogP contribution in [0.15, 0.2) is 24.5 Å². The molecule has 0 aliphatic carbocycles. The van der Waals surface area contributed by atoms with Crippen molar-refractivity contribution in [3.05, 3.63) is 30.1 Å². The minimum atomic E-state index is 0.539. The third-order valence-electron chi connectivity index (χ3n) is 2.42. The Bertz CT molecular complexity index is 282. The zero-order chi connectivity index (χ0) is 12.3. The summed E-state index contributed by atoms with van der Waals surface area (Å²) in [5.74, 6) is 1.44. The highest BCUT2D eigenvalue weighted by Gasteiger charge is 2.01. The number of rotatable bonds is 9. The molecular formula is C13H22N2OS. The molecule has 1 heterocycles. The third kappa shape index (κ3) is 7.36. The van der Waals surface area contributed by atoms with Gasteiger partial charge in [0.15, 0.2) is 0 Å². The fourth-order valence-electron chi connectivity index (χ4n) is 1.47. The Balaban J connectivity index is 2.02. The molecule has 3 nitrogen and oxygen atoms in total. The van der Waals surface area contributed by atoms with E-state index in [1.54, 1.807) is 0 Å². The summed E-state index contributed by atoms with van der Waals surface area (Å²) in [4.78, 5) is 3.99. The lowest BCUT2D eigenvalue weighted by Crippen LogP contribution is -2.24. The number of ether oxygens (including phenoxy) is 1. The molecule has 0 aromatic carbocycles. The van der Waals surface area contributed by atoms with Crippen molar-refractivity contribution in [1.29, 1.82) is 0 Å². The van der Waals surface area contributed by atoms with Crippen molar-refractivity contribution in [3.8, 4) is 0 Å². The fraction of sp³-hybridized carbons (Fsp3) is 0.615. The number of pyridine rings is 1. The van der Waals surface area contributed by atoms with Crippen LogP contribution in [0.1, 0.15) is 18.9 Å². The zero-order valence-electron chi connectivity index (χ0n) is 10.4. The first-order chi connectivity index (χ1) is 8.33. The van der Waals surface area contributed by atoms with E-state index >= 15 is 0 Å². The van der Waals surface area contributed by atoms with Gasteiger partial charge in [-0.2, -0.15) is 12.6 Å². The average molecular weight is 254 g/mol. The van der Waals surface area contributed by atoms with Gasteiger partial charge in [-0.05, 0) is 35.8 Å². The summed E-state index contributed by atoms with van der Waals surface area (Å²) in [7, 11) is 0. The average Bonchev–Trinajstić information content (AvgIpc) is 2.36. The van der Waals surface area contributed by atoms with E-state index in [9.17, 15) is 0 Å². The molecule has 4 heteroatoms. The van der Waals surface area contributed by atoms with Gasteiger partial charge in [0, 0.05) is 32.1 Å². The van der Waals surface area contributed by atoms with E-state index < -0.39 is 0 Å². The van der Waals surface area contributed by atoms with Crippen molar-refractivity contribution in [3.63, 3.8) is 0 Å². The monoisotopic (exact) mass is 254 g/mol. The summed E-state index contributed by atoms with van der Waals surface area (Å²) in [6.07, 6.45) is 4.67. The maximum Gasteiger partial charge on any atom is 0.0503 e. The van der Waals surface area contributed by atoms with E-state index in [1.165, 1.54) is 5.56 Å². The summed E-state index contributed by atoms with van der Waals surface area (Å²) < 4.78 is 5.54. The van der Waals surface area contributed by atoms with Gasteiger partial charge in [0.05, 0.1) is 6.61 Å². The second kappa shape index (κ2) is 9.45. The molecule has 17 heavy (non-hydrogen) atoms. The van der Waals surface area contributed by atoms with Crippen molar-refractivity contribution in [1.82, 2.24) is 10.3 Å². The predicted octanol–water partition coefficient (Wildman–Crippen LogP) is 2.14. The SMILES string of the molecule is CC(CNCc1ccncc1)COCCCS. The molecule has 0 amide bonds. The normalized spacial score (nSPS) is 12.6. The van der Waals surface area contributed by atoms with Gasteiger partial charge in [0.2, 0.25) is 0 Å². The largest absolute Gasteiger partial charge is 0.381 e. The zero-order valence-corrected chi connectivity index (χ0v) is 11.3. The Morgan fingerprint density at radius 3 is 2.88 bits per heavy atom. The van der Waals surface area contributed by atoms with Crippen LogP contribution in [0, 0.1) is 5.92 Å². The quantitative estimate of drug-likeness (QED) is 0.523. The van der Waals surface area contributed by atoms with Gasteiger partial charge in [0.25, 0.3) is 0 Å². The fourth-order valence-corrected chi connectivity index (χ4v) is 1.60. The van der Waals surface area contributed by atoms with Crippen LogP contribution >= 0.6 is 12.6 Å². The van der Waals surface area contributed by atoms with Crippen molar-refractivity contribution >= 4 is 12.6 Å². The molecule has 1 aromatic rings. The maximum absolute atomic E-state index is 5.54. The van der Waals surface area contributed by atoms with Gasteiger partial charge in [-0.15, -0.1) is 0 Å². The highest BCUT2D eigenvalue weighted by Crippen LogP contribution is 1.98. The molecule has 96 valence electrons. The molecule has 0 aliphatic rings. The Kier molecular flexibility index (Phi) is 8.05. The van der Waals surface area contributed by atoms with E-state index in [-0.39, 0.29) is 0 Å². The summed E-state index contributed by atoms with van der Waals surface area (Å²) in [6, 6.07) is 4.06. The van der Waals surface area contributed by atoms with Crippen LogP contribution in [0.2, 0.25) is 0 Å². The summed E-state index contributed by atoms with van der Waals surface area (Å²) in [5, 5.41) is 3.42. The molecule has 0 bridgehead atoms. The number of thiol groups is 1. The van der Waals surface area contributed by atoms with Crippen LogP contribution in [0.5, 0.6) is 0 Å². The van der Waals surface area contributed by atoms with Gasteiger partial charge in [-0.1, -0.05) is 6.92 Å². The first-order valence-corrected chi connectivity index (χ1v) is 6.74. The number of nitrogens with zero attached hydrogens (tertiary/aromatic N) is 1. The van der Waals surface area contributed by atoms with Crippen LogP contribution in [0.25, 0.3) is 0 Å². The molecule has 0 saturated heterocycles. The lowest BCUT2D eigenvalue weighted by atomic mass is 10.2.